The molecule has 0 bridgehead atoms. The van der Waals surface area contributed by atoms with Crippen LogP contribution in [-0.2, 0) is 9.09 Å². The highest BCUT2D eigenvalue weighted by molar-refractivity contribution is 7.61. The molecule has 1 aromatic carbocycles. The van der Waals surface area contributed by atoms with Crippen LogP contribution in [0.4, 0.5) is 0 Å². The molecule has 0 saturated heterocycles. The van der Waals surface area contributed by atoms with Crippen molar-refractivity contribution in [1.29, 1.82) is 0 Å². The molecular formula is C9H12ClO3P. The Morgan fingerprint density at radius 2 is 2.14 bits per heavy atom. The maximum Gasteiger partial charge on any atom is 0.358 e. The average Bonchev–Trinajstić information content (AvgIpc) is 2.02. The van der Waals surface area contributed by atoms with E-state index in [9.17, 15) is 9.46 Å². The Kier molecular flexibility index (Phi) is 3.73. The summed E-state index contributed by atoms with van der Waals surface area (Å²) in [5.41, 5.74) is 0.835. The molecule has 0 spiro atoms. The van der Waals surface area contributed by atoms with Crippen LogP contribution in [0.3, 0.4) is 0 Å². The van der Waals surface area contributed by atoms with E-state index in [0.717, 1.165) is 5.56 Å². The zero-order chi connectivity index (χ0) is 10.8. The van der Waals surface area contributed by atoms with Gasteiger partial charge < -0.3 is 9.42 Å². The quantitative estimate of drug-likeness (QED) is 0.818. The predicted octanol–water partition coefficient (Wildman–Crippen LogP) is 2.50. The third kappa shape index (κ3) is 2.82. The van der Waals surface area contributed by atoms with E-state index in [1.54, 1.807) is 26.0 Å². The lowest BCUT2D eigenvalue weighted by molar-refractivity contribution is 0.284. The molecule has 78 valence electrons. The summed E-state index contributed by atoms with van der Waals surface area (Å²) in [4.78, 5) is 9.51. The first-order chi connectivity index (χ1) is 6.45. The lowest BCUT2D eigenvalue weighted by Crippen LogP contribution is -2.07. The van der Waals surface area contributed by atoms with Crippen LogP contribution in [0.25, 0.3) is 0 Å². The van der Waals surface area contributed by atoms with Crippen molar-refractivity contribution in [3.8, 4) is 0 Å². The average molecular weight is 235 g/mol. The molecule has 0 aromatic heterocycles. The van der Waals surface area contributed by atoms with Crippen molar-refractivity contribution in [3.63, 3.8) is 0 Å². The first-order valence-corrected chi connectivity index (χ1v) is 6.16. The SMILES string of the molecule is CCOP(=O)(O)c1cc(C)cc(Cl)c1. The van der Waals surface area contributed by atoms with Crippen LogP contribution in [0.1, 0.15) is 12.5 Å². The van der Waals surface area contributed by atoms with Crippen LogP contribution in [0.2, 0.25) is 5.02 Å². The van der Waals surface area contributed by atoms with Gasteiger partial charge >= 0.3 is 7.60 Å². The molecule has 14 heavy (non-hydrogen) atoms. The third-order valence-corrected chi connectivity index (χ3v) is 3.39. The summed E-state index contributed by atoms with van der Waals surface area (Å²) in [5.74, 6) is 0. The number of benzene rings is 1. The molecule has 0 radical (unpaired) electrons. The molecule has 1 rings (SSSR count). The summed E-state index contributed by atoms with van der Waals surface area (Å²) in [6.45, 7) is 3.67. The van der Waals surface area contributed by atoms with Crippen LogP contribution >= 0.6 is 19.2 Å². The minimum Gasteiger partial charge on any atom is -0.321 e. The standard InChI is InChI=1S/C9H12ClO3P/c1-3-13-14(11,12)9-5-7(2)4-8(10)6-9/h4-6H,3H2,1-2H3,(H,11,12). The molecule has 3 nitrogen and oxygen atoms in total. The van der Waals surface area contributed by atoms with E-state index in [-0.39, 0.29) is 11.9 Å². The van der Waals surface area contributed by atoms with Crippen LogP contribution in [0.5, 0.6) is 0 Å². The van der Waals surface area contributed by atoms with E-state index in [4.69, 9.17) is 16.1 Å². The fraction of sp³-hybridized carbons (Fsp3) is 0.333. The number of rotatable bonds is 3. The second kappa shape index (κ2) is 4.45. The van der Waals surface area contributed by atoms with E-state index < -0.39 is 7.60 Å². The van der Waals surface area contributed by atoms with Gasteiger partial charge in [-0.1, -0.05) is 11.6 Å². The number of halogens is 1. The van der Waals surface area contributed by atoms with Gasteiger partial charge in [-0.05, 0) is 37.6 Å². The zero-order valence-electron chi connectivity index (χ0n) is 8.03. The van der Waals surface area contributed by atoms with Crippen molar-refractivity contribution in [1.82, 2.24) is 0 Å². The highest BCUT2D eigenvalue weighted by Crippen LogP contribution is 2.41. The Morgan fingerprint density at radius 1 is 1.50 bits per heavy atom. The molecule has 0 aliphatic carbocycles. The van der Waals surface area contributed by atoms with Crippen molar-refractivity contribution in [3.05, 3.63) is 28.8 Å². The van der Waals surface area contributed by atoms with Crippen molar-refractivity contribution in [2.75, 3.05) is 6.61 Å². The van der Waals surface area contributed by atoms with Gasteiger partial charge in [0.05, 0.1) is 11.9 Å². The second-order valence-electron chi connectivity index (χ2n) is 2.92. The summed E-state index contributed by atoms with van der Waals surface area (Å²) < 4.78 is 16.4. The van der Waals surface area contributed by atoms with Gasteiger partial charge in [0.1, 0.15) is 0 Å². The summed E-state index contributed by atoms with van der Waals surface area (Å²) in [6, 6.07) is 4.77. The molecule has 1 aromatic rings. The fourth-order valence-electron chi connectivity index (χ4n) is 1.13. The van der Waals surface area contributed by atoms with E-state index in [2.05, 4.69) is 0 Å². The number of aryl methyl sites for hydroxylation is 1. The lowest BCUT2D eigenvalue weighted by atomic mass is 10.2. The van der Waals surface area contributed by atoms with E-state index >= 15 is 0 Å². The Balaban J connectivity index is 3.12. The van der Waals surface area contributed by atoms with Crippen molar-refractivity contribution < 1.29 is 14.0 Å². The zero-order valence-corrected chi connectivity index (χ0v) is 9.68. The summed E-state index contributed by atoms with van der Waals surface area (Å²) in [7, 11) is -3.68. The van der Waals surface area contributed by atoms with E-state index in [1.807, 2.05) is 0 Å². The van der Waals surface area contributed by atoms with Gasteiger partial charge in [-0.15, -0.1) is 0 Å². The molecule has 0 aliphatic rings. The van der Waals surface area contributed by atoms with Gasteiger partial charge in [-0.3, -0.25) is 4.57 Å². The van der Waals surface area contributed by atoms with Gasteiger partial charge in [-0.25, -0.2) is 0 Å². The van der Waals surface area contributed by atoms with Gasteiger partial charge in [0, 0.05) is 5.02 Å². The first kappa shape index (κ1) is 11.7. The maximum atomic E-state index is 11.6. The molecule has 0 fully saturated rings. The topological polar surface area (TPSA) is 46.5 Å². The Hall–Kier alpha value is -0.340. The summed E-state index contributed by atoms with van der Waals surface area (Å²) >= 11 is 5.77. The predicted molar refractivity (Wildman–Crippen MR) is 57.3 cm³/mol. The highest BCUT2D eigenvalue weighted by atomic mass is 35.5. The van der Waals surface area contributed by atoms with Crippen LogP contribution in [0, 0.1) is 6.92 Å². The van der Waals surface area contributed by atoms with Gasteiger partial charge in [-0.2, -0.15) is 0 Å². The van der Waals surface area contributed by atoms with Crippen molar-refractivity contribution >= 4 is 24.5 Å². The lowest BCUT2D eigenvalue weighted by Gasteiger charge is -2.11. The van der Waals surface area contributed by atoms with Crippen molar-refractivity contribution in [2.45, 2.75) is 13.8 Å². The first-order valence-electron chi connectivity index (χ1n) is 4.21. The smallest absolute Gasteiger partial charge is 0.321 e. The van der Waals surface area contributed by atoms with Crippen LogP contribution < -0.4 is 5.30 Å². The minimum absolute atomic E-state index is 0.194. The molecule has 0 saturated carbocycles. The van der Waals surface area contributed by atoms with Crippen LogP contribution in [0.15, 0.2) is 18.2 Å². The van der Waals surface area contributed by atoms with E-state index in [0.29, 0.717) is 5.02 Å². The molecule has 0 aliphatic heterocycles. The maximum absolute atomic E-state index is 11.6. The molecular weight excluding hydrogens is 223 g/mol. The van der Waals surface area contributed by atoms with E-state index in [1.165, 1.54) is 6.07 Å². The largest absolute Gasteiger partial charge is 0.358 e. The highest BCUT2D eigenvalue weighted by Gasteiger charge is 2.22. The van der Waals surface area contributed by atoms with Gasteiger partial charge in [0.15, 0.2) is 0 Å². The number of hydrogen-bond acceptors (Lipinski definition) is 2. The summed E-state index contributed by atoms with van der Waals surface area (Å²) in [5, 5.41) is 0.679. The van der Waals surface area contributed by atoms with Gasteiger partial charge in [0.25, 0.3) is 0 Å². The molecule has 5 heteroatoms. The van der Waals surface area contributed by atoms with Crippen molar-refractivity contribution in [2.24, 2.45) is 0 Å². The van der Waals surface area contributed by atoms with Crippen LogP contribution in [-0.4, -0.2) is 11.5 Å². The Labute approximate surface area is 88.2 Å². The third-order valence-electron chi connectivity index (χ3n) is 1.66. The fourth-order valence-corrected chi connectivity index (χ4v) is 2.66. The molecule has 1 atom stereocenters. The normalized spacial score (nSPS) is 15.1. The second-order valence-corrected chi connectivity index (χ2v) is 5.18. The molecule has 0 heterocycles. The minimum atomic E-state index is -3.68. The van der Waals surface area contributed by atoms with Gasteiger partial charge in [0.2, 0.25) is 0 Å². The summed E-state index contributed by atoms with van der Waals surface area (Å²) in [6.07, 6.45) is 0. The number of hydrogen-bond donors (Lipinski definition) is 1. The molecule has 1 unspecified atom stereocenters. The molecule has 0 amide bonds. The molecule has 1 N–H and O–H groups in total. The Morgan fingerprint density at radius 3 is 2.64 bits per heavy atom. The Bertz CT molecular complexity index is 358. The monoisotopic (exact) mass is 234 g/mol.